The van der Waals surface area contributed by atoms with Crippen LogP contribution in [0, 0.1) is 0 Å². The van der Waals surface area contributed by atoms with Gasteiger partial charge in [-0.2, -0.15) is 4.98 Å². The smallest absolute Gasteiger partial charge is 0.230 e. The molecule has 0 bridgehead atoms. The van der Waals surface area contributed by atoms with Gasteiger partial charge in [0.05, 0.1) is 11.4 Å². The van der Waals surface area contributed by atoms with Crippen molar-refractivity contribution in [1.29, 1.82) is 0 Å². The normalized spacial score (nSPS) is 11.6. The molecule has 0 atom stereocenters. The van der Waals surface area contributed by atoms with Crippen LogP contribution in [0.5, 0.6) is 0 Å². The molecule has 0 fully saturated rings. The van der Waals surface area contributed by atoms with E-state index in [0.717, 1.165) is 5.56 Å². The Kier molecular flexibility index (Phi) is 4.39. The number of benzene rings is 2. The van der Waals surface area contributed by atoms with Crippen LogP contribution in [0.25, 0.3) is 0 Å². The van der Waals surface area contributed by atoms with Crippen LogP contribution in [-0.2, 0) is 16.4 Å². The van der Waals surface area contributed by atoms with Crippen molar-refractivity contribution in [3.63, 3.8) is 0 Å². The fourth-order valence-electron chi connectivity index (χ4n) is 2.07. The topological polar surface area (TPSA) is 64.8 Å². The molecule has 0 N–H and O–H groups in total. The lowest BCUT2D eigenvalue weighted by molar-refractivity contribution is 0.554. The SMILES string of the molecule is O=S(=O)(c1ccccc1)c1nc(Cl)nn1Cc1ccc(Cl)cc1. The molecule has 3 rings (SSSR count). The highest BCUT2D eigenvalue weighted by Crippen LogP contribution is 2.21. The summed E-state index contributed by atoms with van der Waals surface area (Å²) in [7, 11) is -3.80. The van der Waals surface area contributed by atoms with Gasteiger partial charge in [-0.05, 0) is 41.4 Å². The number of halogens is 2. The maximum absolute atomic E-state index is 12.7. The Morgan fingerprint density at radius 2 is 1.61 bits per heavy atom. The zero-order valence-electron chi connectivity index (χ0n) is 11.7. The van der Waals surface area contributed by atoms with Crippen LogP contribution in [0.15, 0.2) is 64.6 Å². The average Bonchev–Trinajstić information content (AvgIpc) is 2.92. The lowest BCUT2D eigenvalue weighted by Gasteiger charge is -2.07. The van der Waals surface area contributed by atoms with Gasteiger partial charge in [0.2, 0.25) is 15.1 Å². The van der Waals surface area contributed by atoms with Crippen LogP contribution in [0.4, 0.5) is 0 Å². The van der Waals surface area contributed by atoms with Gasteiger partial charge in [-0.3, -0.25) is 0 Å². The van der Waals surface area contributed by atoms with Gasteiger partial charge >= 0.3 is 0 Å². The average molecular weight is 368 g/mol. The summed E-state index contributed by atoms with van der Waals surface area (Å²) in [6, 6.07) is 15.1. The van der Waals surface area contributed by atoms with E-state index in [-0.39, 0.29) is 21.9 Å². The number of aromatic nitrogens is 3. The molecule has 118 valence electrons. The predicted molar refractivity (Wildman–Crippen MR) is 87.5 cm³/mol. The summed E-state index contributed by atoms with van der Waals surface area (Å²) >= 11 is 11.7. The second kappa shape index (κ2) is 6.31. The maximum Gasteiger partial charge on any atom is 0.252 e. The molecule has 0 spiro atoms. The second-order valence-electron chi connectivity index (χ2n) is 4.76. The third kappa shape index (κ3) is 3.39. The summed E-state index contributed by atoms with van der Waals surface area (Å²) in [4.78, 5) is 4.02. The zero-order chi connectivity index (χ0) is 16.4. The highest BCUT2D eigenvalue weighted by Gasteiger charge is 2.25. The summed E-state index contributed by atoms with van der Waals surface area (Å²) in [5, 5.41) is 4.27. The lowest BCUT2D eigenvalue weighted by atomic mass is 10.2. The van der Waals surface area contributed by atoms with Gasteiger partial charge < -0.3 is 0 Å². The zero-order valence-corrected chi connectivity index (χ0v) is 14.1. The number of rotatable bonds is 4. The molecule has 1 aromatic heterocycles. The summed E-state index contributed by atoms with van der Waals surface area (Å²) in [5.74, 6) is 0. The van der Waals surface area contributed by atoms with Crippen molar-refractivity contribution in [3.05, 3.63) is 70.5 Å². The first-order chi connectivity index (χ1) is 11.0. The summed E-state index contributed by atoms with van der Waals surface area (Å²) in [6.45, 7) is 0.221. The van der Waals surface area contributed by atoms with Gasteiger partial charge in [-0.1, -0.05) is 41.9 Å². The van der Waals surface area contributed by atoms with E-state index in [1.165, 1.54) is 16.8 Å². The summed E-state index contributed by atoms with van der Waals surface area (Å²) in [5.41, 5.74) is 0.834. The lowest BCUT2D eigenvalue weighted by Crippen LogP contribution is -2.13. The summed E-state index contributed by atoms with van der Waals surface area (Å²) < 4.78 is 26.7. The van der Waals surface area contributed by atoms with Crippen LogP contribution < -0.4 is 0 Å². The Labute approximate surface area is 143 Å². The van der Waals surface area contributed by atoms with E-state index in [1.54, 1.807) is 42.5 Å². The fourth-order valence-corrected chi connectivity index (χ4v) is 3.73. The molecule has 0 aliphatic carbocycles. The van der Waals surface area contributed by atoms with Gasteiger partial charge in [0.15, 0.2) is 0 Å². The fraction of sp³-hybridized carbons (Fsp3) is 0.0667. The van der Waals surface area contributed by atoms with E-state index in [4.69, 9.17) is 23.2 Å². The van der Waals surface area contributed by atoms with Gasteiger partial charge in [0.25, 0.3) is 5.16 Å². The van der Waals surface area contributed by atoms with Crippen molar-refractivity contribution >= 4 is 33.0 Å². The summed E-state index contributed by atoms with van der Waals surface area (Å²) in [6.07, 6.45) is 0. The van der Waals surface area contributed by atoms with E-state index in [1.807, 2.05) is 0 Å². The quantitative estimate of drug-likeness (QED) is 0.707. The minimum atomic E-state index is -3.80. The molecule has 0 radical (unpaired) electrons. The van der Waals surface area contributed by atoms with Gasteiger partial charge in [0.1, 0.15) is 0 Å². The third-order valence-corrected chi connectivity index (χ3v) is 5.24. The van der Waals surface area contributed by atoms with Gasteiger partial charge in [-0.15, -0.1) is 5.10 Å². The molecule has 2 aromatic carbocycles. The minimum Gasteiger partial charge on any atom is -0.230 e. The Morgan fingerprint density at radius 3 is 2.26 bits per heavy atom. The number of hydrogen-bond acceptors (Lipinski definition) is 4. The Balaban J connectivity index is 2.03. The van der Waals surface area contributed by atoms with E-state index in [2.05, 4.69) is 10.1 Å². The van der Waals surface area contributed by atoms with Crippen molar-refractivity contribution in [3.8, 4) is 0 Å². The first-order valence-electron chi connectivity index (χ1n) is 6.62. The Hall–Kier alpha value is -1.89. The third-order valence-electron chi connectivity index (χ3n) is 3.15. The molecule has 8 heteroatoms. The molecule has 0 aliphatic heterocycles. The van der Waals surface area contributed by atoms with Crippen LogP contribution >= 0.6 is 23.2 Å². The number of hydrogen-bond donors (Lipinski definition) is 0. The van der Waals surface area contributed by atoms with E-state index in [9.17, 15) is 8.42 Å². The van der Waals surface area contributed by atoms with Crippen molar-refractivity contribution in [2.24, 2.45) is 0 Å². The van der Waals surface area contributed by atoms with Crippen LogP contribution in [0.3, 0.4) is 0 Å². The second-order valence-corrected chi connectivity index (χ2v) is 7.38. The number of sulfone groups is 1. The molecule has 0 aliphatic rings. The predicted octanol–water partition coefficient (Wildman–Crippen LogP) is 3.47. The first kappa shape index (κ1) is 16.0. The molecule has 23 heavy (non-hydrogen) atoms. The van der Waals surface area contributed by atoms with E-state index >= 15 is 0 Å². The molecule has 0 saturated heterocycles. The largest absolute Gasteiger partial charge is 0.252 e. The molecular formula is C15H11Cl2N3O2S. The van der Waals surface area contributed by atoms with Crippen molar-refractivity contribution < 1.29 is 8.42 Å². The monoisotopic (exact) mass is 367 g/mol. The van der Waals surface area contributed by atoms with E-state index in [0.29, 0.717) is 5.02 Å². The molecule has 3 aromatic rings. The van der Waals surface area contributed by atoms with Crippen molar-refractivity contribution in [2.45, 2.75) is 16.6 Å². The maximum atomic E-state index is 12.7. The van der Waals surface area contributed by atoms with Crippen LogP contribution in [-0.4, -0.2) is 23.2 Å². The van der Waals surface area contributed by atoms with Crippen molar-refractivity contribution in [1.82, 2.24) is 14.8 Å². The van der Waals surface area contributed by atoms with Crippen LogP contribution in [0.2, 0.25) is 10.3 Å². The highest BCUT2D eigenvalue weighted by molar-refractivity contribution is 7.91. The van der Waals surface area contributed by atoms with Gasteiger partial charge in [0, 0.05) is 5.02 Å². The molecule has 0 saturated carbocycles. The van der Waals surface area contributed by atoms with Gasteiger partial charge in [-0.25, -0.2) is 13.1 Å². The standard InChI is InChI=1S/C15H11Cl2N3O2S/c16-12-8-6-11(7-9-12)10-20-15(18-14(17)19-20)23(21,22)13-4-2-1-3-5-13/h1-9H,10H2. The Bertz CT molecular complexity index is 923. The van der Waals surface area contributed by atoms with Crippen molar-refractivity contribution in [2.75, 3.05) is 0 Å². The molecular weight excluding hydrogens is 357 g/mol. The minimum absolute atomic E-state index is 0.117. The highest BCUT2D eigenvalue weighted by atomic mass is 35.5. The molecule has 0 unspecified atom stereocenters. The van der Waals surface area contributed by atoms with Crippen LogP contribution in [0.1, 0.15) is 5.56 Å². The molecule has 5 nitrogen and oxygen atoms in total. The Morgan fingerprint density at radius 1 is 0.957 bits per heavy atom. The molecule has 1 heterocycles. The number of nitrogens with zero attached hydrogens (tertiary/aromatic N) is 3. The first-order valence-corrected chi connectivity index (χ1v) is 8.85. The van der Waals surface area contributed by atoms with E-state index < -0.39 is 9.84 Å². The molecule has 0 amide bonds.